The van der Waals surface area contributed by atoms with Crippen molar-refractivity contribution in [3.8, 4) is 16.9 Å². The van der Waals surface area contributed by atoms with Gasteiger partial charge in [-0.15, -0.1) is 0 Å². The Morgan fingerprint density at radius 3 is 2.63 bits per heavy atom. The third-order valence-electron chi connectivity index (χ3n) is 4.08. The van der Waals surface area contributed by atoms with Crippen molar-refractivity contribution in [2.45, 2.75) is 0 Å². The second kappa shape index (κ2) is 9.28. The highest BCUT2D eigenvalue weighted by Crippen LogP contribution is 2.30. The van der Waals surface area contributed by atoms with Gasteiger partial charge in [-0.05, 0) is 40.9 Å². The molecule has 0 bridgehead atoms. The molecule has 8 heteroatoms. The van der Waals surface area contributed by atoms with Crippen molar-refractivity contribution in [2.75, 3.05) is 39.4 Å². The fourth-order valence-electron chi connectivity index (χ4n) is 2.69. The van der Waals surface area contributed by atoms with E-state index in [1.54, 1.807) is 35.2 Å². The Labute approximate surface area is 164 Å². The fourth-order valence-corrected chi connectivity index (χ4v) is 2.91. The van der Waals surface area contributed by atoms with E-state index in [1.807, 2.05) is 12.1 Å². The standard InChI is InChI=1S/C19H19ClN4O3/c20-17-13-16(5-6-18(17)27-10-7-22-23-21)14-1-3-15(4-2-14)19(25)24-8-11-26-12-9-24/h1-6,13H,7-12H2/i10D2. The van der Waals surface area contributed by atoms with Crippen LogP contribution in [0.2, 0.25) is 5.02 Å². The minimum Gasteiger partial charge on any atom is -0.492 e. The van der Waals surface area contributed by atoms with Crippen LogP contribution in [0.1, 0.15) is 13.1 Å². The maximum atomic E-state index is 12.5. The molecule has 0 aliphatic carbocycles. The Morgan fingerprint density at radius 2 is 1.96 bits per heavy atom. The zero-order valence-electron chi connectivity index (χ0n) is 16.5. The van der Waals surface area contributed by atoms with Gasteiger partial charge < -0.3 is 14.4 Å². The molecule has 7 nitrogen and oxygen atoms in total. The van der Waals surface area contributed by atoms with Crippen LogP contribution >= 0.6 is 11.6 Å². The van der Waals surface area contributed by atoms with Crippen molar-refractivity contribution in [1.29, 1.82) is 0 Å². The Bertz CT molecular complexity index is 928. The molecule has 1 amide bonds. The number of carbonyl (C=O) groups is 1. The lowest BCUT2D eigenvalue weighted by Crippen LogP contribution is -2.40. The third-order valence-corrected chi connectivity index (χ3v) is 4.37. The van der Waals surface area contributed by atoms with Crippen LogP contribution in [0.25, 0.3) is 21.6 Å². The Hall–Kier alpha value is -2.73. The third kappa shape index (κ3) is 4.92. The van der Waals surface area contributed by atoms with Gasteiger partial charge in [-0.3, -0.25) is 4.79 Å². The number of halogens is 1. The summed E-state index contributed by atoms with van der Waals surface area (Å²) < 4.78 is 25.9. The Balaban J connectivity index is 1.73. The first-order valence-electron chi connectivity index (χ1n) is 9.36. The maximum Gasteiger partial charge on any atom is 0.254 e. The van der Waals surface area contributed by atoms with E-state index in [9.17, 15) is 4.79 Å². The molecular formula is C19H19ClN4O3. The van der Waals surface area contributed by atoms with Crippen molar-refractivity contribution in [2.24, 2.45) is 5.11 Å². The number of rotatable bonds is 6. The molecule has 27 heavy (non-hydrogen) atoms. The number of hydrogen-bond acceptors (Lipinski definition) is 4. The molecule has 1 fully saturated rings. The zero-order valence-corrected chi connectivity index (χ0v) is 15.2. The molecular weight excluding hydrogens is 368 g/mol. The summed E-state index contributed by atoms with van der Waals surface area (Å²) in [5.74, 6) is 0.122. The molecule has 140 valence electrons. The molecule has 0 unspecified atom stereocenters. The lowest BCUT2D eigenvalue weighted by atomic mass is 10.0. The molecule has 2 aromatic rings. The Morgan fingerprint density at radius 1 is 1.26 bits per heavy atom. The first-order valence-corrected chi connectivity index (χ1v) is 8.74. The summed E-state index contributed by atoms with van der Waals surface area (Å²) in [5, 5.41) is 3.41. The van der Waals surface area contributed by atoms with Gasteiger partial charge in [0.1, 0.15) is 5.75 Å². The highest BCUT2D eigenvalue weighted by molar-refractivity contribution is 6.32. The second-order valence-corrected chi connectivity index (χ2v) is 6.17. The van der Waals surface area contributed by atoms with E-state index in [-0.39, 0.29) is 16.7 Å². The molecule has 2 aromatic carbocycles. The number of ether oxygens (including phenoxy) is 2. The van der Waals surface area contributed by atoms with E-state index in [4.69, 9.17) is 29.3 Å². The number of nitrogens with zero attached hydrogens (tertiary/aromatic N) is 4. The summed E-state index contributed by atoms with van der Waals surface area (Å²) in [4.78, 5) is 16.8. The molecule has 1 heterocycles. The van der Waals surface area contributed by atoms with Crippen LogP contribution in [0.3, 0.4) is 0 Å². The summed E-state index contributed by atoms with van der Waals surface area (Å²) in [6.45, 7) is -0.357. The second-order valence-electron chi connectivity index (χ2n) is 5.76. The van der Waals surface area contributed by atoms with Crippen LogP contribution in [-0.4, -0.2) is 50.2 Å². The van der Waals surface area contributed by atoms with Crippen LogP contribution in [0.4, 0.5) is 0 Å². The predicted octanol–water partition coefficient (Wildman–Crippen LogP) is 4.17. The van der Waals surface area contributed by atoms with Crippen LogP contribution < -0.4 is 4.74 Å². The van der Waals surface area contributed by atoms with Gasteiger partial charge in [-0.2, -0.15) is 0 Å². The van der Waals surface area contributed by atoms with E-state index in [0.29, 0.717) is 31.9 Å². The van der Waals surface area contributed by atoms with Gasteiger partial charge in [-0.25, -0.2) is 0 Å². The normalized spacial score (nSPS) is 15.4. The number of morpholine rings is 1. The van der Waals surface area contributed by atoms with Crippen LogP contribution in [0, 0.1) is 0 Å². The van der Waals surface area contributed by atoms with Crippen molar-refractivity contribution >= 4 is 17.5 Å². The summed E-state index contributed by atoms with van der Waals surface area (Å²) in [6.07, 6.45) is 0. The van der Waals surface area contributed by atoms with E-state index in [0.717, 1.165) is 11.1 Å². The first-order chi connectivity index (χ1) is 13.9. The number of carbonyl (C=O) groups excluding carboxylic acids is 1. The van der Waals surface area contributed by atoms with E-state index >= 15 is 0 Å². The predicted molar refractivity (Wildman–Crippen MR) is 103 cm³/mol. The number of amides is 1. The lowest BCUT2D eigenvalue weighted by Gasteiger charge is -2.26. The lowest BCUT2D eigenvalue weighted by molar-refractivity contribution is 0.0303. The zero-order chi connectivity index (χ0) is 20.9. The van der Waals surface area contributed by atoms with E-state index in [2.05, 4.69) is 10.0 Å². The van der Waals surface area contributed by atoms with E-state index in [1.165, 1.54) is 0 Å². The highest BCUT2D eigenvalue weighted by atomic mass is 35.5. The van der Waals surface area contributed by atoms with Crippen LogP contribution in [0.15, 0.2) is 47.6 Å². The summed E-state index contributed by atoms with van der Waals surface area (Å²) in [5.41, 5.74) is 10.6. The molecule has 1 aliphatic rings. The average molecular weight is 389 g/mol. The summed E-state index contributed by atoms with van der Waals surface area (Å²) in [6, 6.07) is 12.1. The van der Waals surface area contributed by atoms with Gasteiger partial charge in [0.25, 0.3) is 5.91 Å². The van der Waals surface area contributed by atoms with Crippen molar-refractivity contribution in [3.05, 3.63) is 63.5 Å². The molecule has 1 aliphatic heterocycles. The molecule has 0 saturated carbocycles. The fraction of sp³-hybridized carbons (Fsp3) is 0.316. The van der Waals surface area contributed by atoms with Gasteiger partial charge in [0.05, 0.1) is 34.1 Å². The van der Waals surface area contributed by atoms with Gasteiger partial charge in [0, 0.05) is 23.6 Å². The highest BCUT2D eigenvalue weighted by Gasteiger charge is 2.18. The topological polar surface area (TPSA) is 87.5 Å². The summed E-state index contributed by atoms with van der Waals surface area (Å²) in [7, 11) is 0. The number of azide groups is 1. The molecule has 0 N–H and O–H groups in total. The maximum absolute atomic E-state index is 12.5. The van der Waals surface area contributed by atoms with Crippen molar-refractivity contribution in [3.63, 3.8) is 0 Å². The average Bonchev–Trinajstić information content (AvgIpc) is 2.74. The minimum atomic E-state index is -2.17. The van der Waals surface area contributed by atoms with Gasteiger partial charge in [0.2, 0.25) is 0 Å². The molecule has 0 spiro atoms. The Kier molecular flexibility index (Phi) is 5.65. The van der Waals surface area contributed by atoms with Crippen LogP contribution in [-0.2, 0) is 4.74 Å². The molecule has 0 radical (unpaired) electrons. The number of hydrogen-bond donors (Lipinski definition) is 0. The largest absolute Gasteiger partial charge is 0.492 e. The monoisotopic (exact) mass is 388 g/mol. The quantitative estimate of drug-likeness (QED) is 0.422. The number of benzene rings is 2. The van der Waals surface area contributed by atoms with Crippen molar-refractivity contribution in [1.82, 2.24) is 4.90 Å². The van der Waals surface area contributed by atoms with E-state index < -0.39 is 13.1 Å². The first kappa shape index (κ1) is 16.4. The molecule has 3 rings (SSSR count). The van der Waals surface area contributed by atoms with Crippen molar-refractivity contribution < 1.29 is 17.0 Å². The minimum absolute atomic E-state index is 0.0242. The molecule has 0 aromatic heterocycles. The van der Waals surface area contributed by atoms with Crippen LogP contribution in [0.5, 0.6) is 5.75 Å². The van der Waals surface area contributed by atoms with Gasteiger partial charge in [0.15, 0.2) is 0 Å². The molecule has 1 saturated heterocycles. The van der Waals surface area contributed by atoms with Gasteiger partial charge >= 0.3 is 0 Å². The smallest absolute Gasteiger partial charge is 0.254 e. The SMILES string of the molecule is [2H]C([2H])(CN=[N+]=[N-])Oc1ccc(-c2ccc(C(=O)N3CCOCC3)cc2)cc1Cl. The van der Waals surface area contributed by atoms with Gasteiger partial charge in [-0.1, -0.05) is 34.9 Å². The molecule has 0 atom stereocenters. The summed E-state index contributed by atoms with van der Waals surface area (Å²) >= 11 is 6.23.